The number of benzene rings is 1. The van der Waals surface area contributed by atoms with Gasteiger partial charge in [-0.3, -0.25) is 4.79 Å². The van der Waals surface area contributed by atoms with Gasteiger partial charge in [-0.1, -0.05) is 56.8 Å². The van der Waals surface area contributed by atoms with Gasteiger partial charge in [-0.15, -0.1) is 5.10 Å². The maximum atomic E-state index is 12.9. The molecule has 4 rings (SSSR count). The van der Waals surface area contributed by atoms with Crippen molar-refractivity contribution in [3.63, 3.8) is 0 Å². The summed E-state index contributed by atoms with van der Waals surface area (Å²) in [4.78, 5) is 12.9. The minimum absolute atomic E-state index is 0.00309. The summed E-state index contributed by atoms with van der Waals surface area (Å²) < 4.78 is 0. The van der Waals surface area contributed by atoms with Gasteiger partial charge in [-0.05, 0) is 30.6 Å². The number of Topliss-reactive ketones (excluding diaryl/α,β-unsaturated/α-hetero) is 1. The summed E-state index contributed by atoms with van der Waals surface area (Å²) in [7, 11) is 0. The Morgan fingerprint density at radius 2 is 1.83 bits per heavy atom. The standard InChI is InChI=1S/C19H22N2OS/c1-11-12-7-5-6-8-13(12)17(21-20-11)23-16-15(22)14-9-10-19(16,4)18(14,2)3/h5-8,14,16H,9-10H2,1-4H3. The SMILES string of the molecule is Cc1nnc(SC2C(=O)C3CCC2(C)C3(C)C)c2ccccc12. The van der Waals surface area contributed by atoms with Crippen molar-refractivity contribution >= 4 is 28.3 Å². The molecule has 0 aliphatic heterocycles. The summed E-state index contributed by atoms with van der Waals surface area (Å²) in [6.45, 7) is 8.81. The molecule has 0 saturated heterocycles. The van der Waals surface area contributed by atoms with Crippen LogP contribution in [0.15, 0.2) is 29.3 Å². The van der Waals surface area contributed by atoms with Gasteiger partial charge < -0.3 is 0 Å². The molecule has 2 aliphatic rings. The van der Waals surface area contributed by atoms with Crippen molar-refractivity contribution in [1.29, 1.82) is 0 Å². The van der Waals surface area contributed by atoms with Gasteiger partial charge >= 0.3 is 0 Å². The Hall–Kier alpha value is -1.42. The molecule has 2 aliphatic carbocycles. The molecule has 1 aromatic heterocycles. The highest BCUT2D eigenvalue weighted by molar-refractivity contribution is 8.00. The zero-order valence-corrected chi connectivity index (χ0v) is 14.9. The third-order valence-electron chi connectivity index (χ3n) is 6.54. The Kier molecular flexibility index (Phi) is 3.15. The summed E-state index contributed by atoms with van der Waals surface area (Å²) in [5.41, 5.74) is 1.07. The number of aromatic nitrogens is 2. The highest BCUT2D eigenvalue weighted by Crippen LogP contribution is 2.67. The molecule has 3 unspecified atom stereocenters. The van der Waals surface area contributed by atoms with Crippen molar-refractivity contribution in [1.82, 2.24) is 10.2 Å². The fourth-order valence-electron chi connectivity index (χ4n) is 4.59. The normalized spacial score (nSPS) is 31.9. The van der Waals surface area contributed by atoms with E-state index in [1.54, 1.807) is 11.8 Å². The minimum atomic E-state index is -0.00309. The molecule has 0 amide bonds. The number of thioether (sulfide) groups is 1. The van der Waals surface area contributed by atoms with E-state index in [0.717, 1.165) is 34.3 Å². The second-order valence-corrected chi connectivity index (χ2v) is 8.86. The van der Waals surface area contributed by atoms with Crippen molar-refractivity contribution in [3.8, 4) is 0 Å². The molecule has 2 bridgehead atoms. The Morgan fingerprint density at radius 1 is 1.13 bits per heavy atom. The van der Waals surface area contributed by atoms with Crippen molar-refractivity contribution in [3.05, 3.63) is 30.0 Å². The number of ketones is 1. The number of hydrogen-bond donors (Lipinski definition) is 0. The van der Waals surface area contributed by atoms with Crippen LogP contribution in [-0.2, 0) is 4.79 Å². The highest BCUT2D eigenvalue weighted by Gasteiger charge is 2.66. The average molecular weight is 326 g/mol. The van der Waals surface area contributed by atoms with Gasteiger partial charge in [0, 0.05) is 16.7 Å². The number of rotatable bonds is 2. The molecular weight excluding hydrogens is 304 g/mol. The molecule has 23 heavy (non-hydrogen) atoms. The van der Waals surface area contributed by atoms with E-state index in [9.17, 15) is 4.79 Å². The largest absolute Gasteiger partial charge is 0.298 e. The first kappa shape index (κ1) is 15.1. The zero-order valence-electron chi connectivity index (χ0n) is 14.1. The van der Waals surface area contributed by atoms with Crippen LogP contribution < -0.4 is 0 Å². The second kappa shape index (κ2) is 4.79. The van der Waals surface area contributed by atoms with Crippen LogP contribution in [0.2, 0.25) is 0 Å². The number of carbonyl (C=O) groups excluding carboxylic acids is 1. The van der Waals surface area contributed by atoms with Crippen LogP contribution in [0.1, 0.15) is 39.3 Å². The first-order valence-corrected chi connectivity index (χ1v) is 9.16. The topological polar surface area (TPSA) is 42.9 Å². The summed E-state index contributed by atoms with van der Waals surface area (Å²) in [6.07, 6.45) is 2.17. The molecule has 0 radical (unpaired) electrons. The molecule has 120 valence electrons. The Bertz CT molecular complexity index is 816. The first-order valence-electron chi connectivity index (χ1n) is 8.29. The second-order valence-electron chi connectivity index (χ2n) is 7.77. The number of nitrogens with zero attached hydrogens (tertiary/aromatic N) is 2. The summed E-state index contributed by atoms with van der Waals surface area (Å²) in [5.74, 6) is 0.620. The van der Waals surface area contributed by atoms with Crippen LogP contribution in [0.5, 0.6) is 0 Å². The molecule has 2 fully saturated rings. The van der Waals surface area contributed by atoms with Crippen LogP contribution in [0.3, 0.4) is 0 Å². The monoisotopic (exact) mass is 326 g/mol. The van der Waals surface area contributed by atoms with E-state index in [1.807, 2.05) is 19.1 Å². The van der Waals surface area contributed by atoms with Crippen molar-refractivity contribution in [2.75, 3.05) is 0 Å². The Labute approximate surface area is 141 Å². The zero-order chi connectivity index (χ0) is 16.4. The van der Waals surface area contributed by atoms with Gasteiger partial charge in [0.15, 0.2) is 0 Å². The number of aryl methyl sites for hydroxylation is 1. The lowest BCUT2D eigenvalue weighted by molar-refractivity contribution is -0.122. The Morgan fingerprint density at radius 3 is 2.48 bits per heavy atom. The molecule has 1 aromatic carbocycles. The van der Waals surface area contributed by atoms with Gasteiger partial charge in [0.05, 0.1) is 10.9 Å². The predicted molar refractivity (Wildman–Crippen MR) is 93.5 cm³/mol. The lowest BCUT2D eigenvalue weighted by atomic mass is 9.71. The van der Waals surface area contributed by atoms with E-state index >= 15 is 0 Å². The van der Waals surface area contributed by atoms with E-state index in [2.05, 4.69) is 43.1 Å². The van der Waals surface area contributed by atoms with E-state index < -0.39 is 0 Å². The van der Waals surface area contributed by atoms with Gasteiger partial charge in [0.2, 0.25) is 0 Å². The van der Waals surface area contributed by atoms with Crippen LogP contribution in [-0.4, -0.2) is 21.2 Å². The number of fused-ring (bicyclic) bond motifs is 3. The average Bonchev–Trinajstić information content (AvgIpc) is 2.83. The minimum Gasteiger partial charge on any atom is -0.298 e. The molecule has 2 saturated carbocycles. The molecular formula is C19H22N2OS. The predicted octanol–water partition coefficient (Wildman–Crippen LogP) is 4.42. The van der Waals surface area contributed by atoms with Gasteiger partial charge in [0.25, 0.3) is 0 Å². The smallest absolute Gasteiger partial charge is 0.150 e. The summed E-state index contributed by atoms with van der Waals surface area (Å²) >= 11 is 1.64. The van der Waals surface area contributed by atoms with Crippen molar-refractivity contribution in [2.45, 2.75) is 50.8 Å². The van der Waals surface area contributed by atoms with Gasteiger partial charge in [-0.25, -0.2) is 0 Å². The molecule has 4 heteroatoms. The third-order valence-corrected chi connectivity index (χ3v) is 8.06. The fourth-order valence-corrected chi connectivity index (χ4v) is 6.17. The molecule has 3 nitrogen and oxygen atoms in total. The number of carbonyl (C=O) groups is 1. The van der Waals surface area contributed by atoms with Crippen LogP contribution in [0.4, 0.5) is 0 Å². The molecule has 3 atom stereocenters. The molecule has 0 N–H and O–H groups in total. The molecule has 0 spiro atoms. The van der Waals surface area contributed by atoms with E-state index in [1.165, 1.54) is 0 Å². The Balaban J connectivity index is 1.78. The quantitative estimate of drug-likeness (QED) is 0.819. The summed E-state index contributed by atoms with van der Waals surface area (Å²) in [6, 6.07) is 8.22. The van der Waals surface area contributed by atoms with Crippen molar-refractivity contribution in [2.24, 2.45) is 16.7 Å². The lowest BCUT2D eigenvalue weighted by Gasteiger charge is -2.37. The van der Waals surface area contributed by atoms with Crippen LogP contribution in [0, 0.1) is 23.7 Å². The van der Waals surface area contributed by atoms with Gasteiger partial charge in [-0.2, -0.15) is 5.10 Å². The van der Waals surface area contributed by atoms with Crippen LogP contribution in [0.25, 0.3) is 10.8 Å². The highest BCUT2D eigenvalue weighted by atomic mass is 32.2. The van der Waals surface area contributed by atoms with E-state index in [0.29, 0.717) is 5.78 Å². The third kappa shape index (κ3) is 1.87. The molecule has 1 heterocycles. The maximum absolute atomic E-state index is 12.9. The fraction of sp³-hybridized carbons (Fsp3) is 0.526. The lowest BCUT2D eigenvalue weighted by Crippen LogP contribution is -2.35. The van der Waals surface area contributed by atoms with E-state index in [4.69, 9.17) is 0 Å². The summed E-state index contributed by atoms with van der Waals surface area (Å²) in [5, 5.41) is 11.9. The first-order chi connectivity index (χ1) is 10.9. The van der Waals surface area contributed by atoms with Gasteiger partial charge in [0.1, 0.15) is 10.8 Å². The van der Waals surface area contributed by atoms with E-state index in [-0.39, 0.29) is 22.0 Å². The molecule has 2 aromatic rings. The maximum Gasteiger partial charge on any atom is 0.150 e. The number of hydrogen-bond acceptors (Lipinski definition) is 4. The van der Waals surface area contributed by atoms with Crippen LogP contribution >= 0.6 is 11.8 Å². The van der Waals surface area contributed by atoms with Crippen molar-refractivity contribution < 1.29 is 4.79 Å².